The second-order valence-electron chi connectivity index (χ2n) is 9.32. The van der Waals surface area contributed by atoms with Crippen LogP contribution in [0.3, 0.4) is 0 Å². The molecule has 0 radical (unpaired) electrons. The monoisotopic (exact) mass is 495 g/mol. The quantitative estimate of drug-likeness (QED) is 0.216. The Bertz CT molecular complexity index is 1480. The van der Waals surface area contributed by atoms with Crippen LogP contribution >= 0.6 is 0 Å². The van der Waals surface area contributed by atoms with Crippen molar-refractivity contribution in [3.05, 3.63) is 101 Å². The Morgan fingerprint density at radius 3 is 2.38 bits per heavy atom. The molecule has 37 heavy (non-hydrogen) atoms. The molecule has 1 atom stereocenters. The molecule has 7 nitrogen and oxygen atoms in total. The van der Waals surface area contributed by atoms with Crippen molar-refractivity contribution in [2.45, 2.75) is 12.5 Å². The molecule has 1 aliphatic heterocycles. The number of aromatic amines is 1. The first-order valence-corrected chi connectivity index (χ1v) is 12.1. The van der Waals surface area contributed by atoms with Crippen LogP contribution in [0.5, 0.6) is 5.75 Å². The van der Waals surface area contributed by atoms with Gasteiger partial charge >= 0.3 is 0 Å². The molecule has 0 bridgehead atoms. The number of methoxy groups -OCH3 is 1. The number of carbonyl (C=O) groups excluding carboxylic acids is 2. The summed E-state index contributed by atoms with van der Waals surface area (Å²) in [5.74, 6) is -0.718. The van der Waals surface area contributed by atoms with Crippen molar-refractivity contribution in [1.29, 1.82) is 0 Å². The standard InChI is InChI=1S/C30H29N3O4/c1-32(2)21-12-10-20(11-13-21)27-26(28(34)24-18-31-25-7-5-4-6-23(24)25)29(35)30(36)33(27)17-16-19-8-14-22(37-3)15-9-19/h4-15,18,27,31,34H,16-17H2,1-3H3/b28-26-. The van der Waals surface area contributed by atoms with Gasteiger partial charge in [-0.3, -0.25) is 9.59 Å². The number of fused-ring (bicyclic) bond motifs is 1. The zero-order chi connectivity index (χ0) is 26.1. The number of Topliss-reactive ketones (excluding diaryl/α,β-unsaturated/α-hetero) is 1. The fourth-order valence-electron chi connectivity index (χ4n) is 4.87. The summed E-state index contributed by atoms with van der Waals surface area (Å²) in [5.41, 5.74) is 4.21. The number of aliphatic hydroxyl groups excluding tert-OH is 1. The van der Waals surface area contributed by atoms with Gasteiger partial charge in [-0.2, -0.15) is 0 Å². The van der Waals surface area contributed by atoms with E-state index in [9.17, 15) is 14.7 Å². The van der Waals surface area contributed by atoms with Gasteiger partial charge in [-0.25, -0.2) is 0 Å². The zero-order valence-corrected chi connectivity index (χ0v) is 21.1. The third-order valence-electron chi connectivity index (χ3n) is 6.91. The van der Waals surface area contributed by atoms with Crippen LogP contribution in [0.15, 0.2) is 84.6 Å². The second-order valence-corrected chi connectivity index (χ2v) is 9.32. The van der Waals surface area contributed by atoms with Gasteiger partial charge in [0.15, 0.2) is 0 Å². The lowest BCUT2D eigenvalue weighted by atomic mass is 9.94. The third-order valence-corrected chi connectivity index (χ3v) is 6.91. The average molecular weight is 496 g/mol. The number of rotatable bonds is 7. The van der Waals surface area contributed by atoms with Crippen LogP contribution in [0.4, 0.5) is 5.69 Å². The maximum Gasteiger partial charge on any atom is 0.295 e. The molecule has 4 aromatic rings. The van der Waals surface area contributed by atoms with E-state index in [0.717, 1.165) is 33.5 Å². The second kappa shape index (κ2) is 9.85. The van der Waals surface area contributed by atoms with Crippen LogP contribution in [0.1, 0.15) is 22.7 Å². The fourth-order valence-corrected chi connectivity index (χ4v) is 4.87. The molecule has 0 aliphatic carbocycles. The van der Waals surface area contributed by atoms with Crippen LogP contribution in [-0.2, 0) is 16.0 Å². The van der Waals surface area contributed by atoms with Gasteiger partial charge in [-0.15, -0.1) is 0 Å². The van der Waals surface area contributed by atoms with E-state index in [1.807, 2.05) is 91.8 Å². The number of amides is 1. The normalized spacial score (nSPS) is 16.9. The predicted molar refractivity (Wildman–Crippen MR) is 145 cm³/mol. The molecule has 2 N–H and O–H groups in total. The van der Waals surface area contributed by atoms with Crippen molar-refractivity contribution >= 4 is 34.0 Å². The first kappa shape index (κ1) is 24.2. The van der Waals surface area contributed by atoms with Crippen molar-refractivity contribution in [2.75, 3.05) is 32.6 Å². The molecule has 1 aromatic heterocycles. The Labute approximate surface area is 215 Å². The Hall–Kier alpha value is -4.52. The lowest BCUT2D eigenvalue weighted by Crippen LogP contribution is -2.31. The van der Waals surface area contributed by atoms with Crippen LogP contribution in [0, 0.1) is 0 Å². The van der Waals surface area contributed by atoms with Gasteiger partial charge in [0.25, 0.3) is 11.7 Å². The smallest absolute Gasteiger partial charge is 0.295 e. The van der Waals surface area contributed by atoms with E-state index < -0.39 is 17.7 Å². The molecule has 0 spiro atoms. The summed E-state index contributed by atoms with van der Waals surface area (Å²) in [5, 5.41) is 12.3. The van der Waals surface area contributed by atoms with Gasteiger partial charge in [-0.05, 0) is 47.9 Å². The number of nitrogens with one attached hydrogen (secondary N) is 1. The molecule has 3 aromatic carbocycles. The summed E-state index contributed by atoms with van der Waals surface area (Å²) in [6.07, 6.45) is 2.23. The van der Waals surface area contributed by atoms with Crippen LogP contribution in [0.25, 0.3) is 16.7 Å². The number of carbonyl (C=O) groups is 2. The summed E-state index contributed by atoms with van der Waals surface area (Å²) in [6.45, 7) is 0.321. The van der Waals surface area contributed by atoms with Crippen LogP contribution < -0.4 is 9.64 Å². The van der Waals surface area contributed by atoms with E-state index in [2.05, 4.69) is 4.98 Å². The first-order valence-electron chi connectivity index (χ1n) is 12.1. The molecule has 1 saturated heterocycles. The predicted octanol–water partition coefficient (Wildman–Crippen LogP) is 4.91. The maximum atomic E-state index is 13.4. The molecule has 1 unspecified atom stereocenters. The van der Waals surface area contributed by atoms with Gasteiger partial charge in [0.2, 0.25) is 0 Å². The zero-order valence-electron chi connectivity index (χ0n) is 21.1. The number of H-pyrrole nitrogens is 1. The average Bonchev–Trinajstić information content (AvgIpc) is 3.46. The first-order chi connectivity index (χ1) is 17.9. The number of benzene rings is 3. The number of ketones is 1. The van der Waals surface area contributed by atoms with Gasteiger partial charge < -0.3 is 24.6 Å². The van der Waals surface area contributed by atoms with Gasteiger partial charge in [0.05, 0.1) is 18.7 Å². The molecule has 2 heterocycles. The minimum Gasteiger partial charge on any atom is -0.507 e. The van der Waals surface area contributed by atoms with E-state index in [1.165, 1.54) is 0 Å². The molecule has 7 heteroatoms. The minimum absolute atomic E-state index is 0.0992. The Balaban J connectivity index is 1.58. The van der Waals surface area contributed by atoms with Crippen molar-refractivity contribution < 1.29 is 19.4 Å². The van der Waals surface area contributed by atoms with E-state index in [1.54, 1.807) is 18.2 Å². The maximum absolute atomic E-state index is 13.4. The number of hydrogen-bond acceptors (Lipinski definition) is 5. The Morgan fingerprint density at radius 2 is 1.70 bits per heavy atom. The lowest BCUT2D eigenvalue weighted by Gasteiger charge is -2.26. The highest BCUT2D eigenvalue weighted by atomic mass is 16.5. The highest BCUT2D eigenvalue weighted by molar-refractivity contribution is 6.46. The van der Waals surface area contributed by atoms with E-state index in [4.69, 9.17) is 4.74 Å². The lowest BCUT2D eigenvalue weighted by molar-refractivity contribution is -0.139. The largest absolute Gasteiger partial charge is 0.507 e. The summed E-state index contributed by atoms with van der Waals surface area (Å²) in [4.78, 5) is 33.4. The number of hydrogen-bond donors (Lipinski definition) is 2. The number of aliphatic hydroxyl groups is 1. The van der Waals surface area contributed by atoms with E-state index in [-0.39, 0.29) is 11.3 Å². The molecule has 1 amide bonds. The summed E-state index contributed by atoms with van der Waals surface area (Å²) < 4.78 is 5.24. The van der Waals surface area contributed by atoms with E-state index in [0.29, 0.717) is 18.5 Å². The van der Waals surface area contributed by atoms with Gasteiger partial charge in [0, 0.05) is 49.0 Å². The van der Waals surface area contributed by atoms with Gasteiger partial charge in [0.1, 0.15) is 11.5 Å². The highest BCUT2D eigenvalue weighted by Crippen LogP contribution is 2.41. The van der Waals surface area contributed by atoms with Crippen LogP contribution in [0.2, 0.25) is 0 Å². The molecule has 1 aliphatic rings. The van der Waals surface area contributed by atoms with Crippen LogP contribution in [-0.4, -0.2) is 54.4 Å². The van der Waals surface area contributed by atoms with E-state index >= 15 is 0 Å². The molecule has 188 valence electrons. The number of anilines is 1. The number of nitrogens with zero attached hydrogens (tertiary/aromatic N) is 2. The van der Waals surface area contributed by atoms with Gasteiger partial charge in [-0.1, -0.05) is 42.5 Å². The molecule has 1 fully saturated rings. The highest BCUT2D eigenvalue weighted by Gasteiger charge is 2.46. The SMILES string of the molecule is COc1ccc(CCN2C(=O)C(=O)/C(=C(\O)c3c[nH]c4ccccc34)C2c2ccc(N(C)C)cc2)cc1. The molecule has 5 rings (SSSR count). The van der Waals surface area contributed by atoms with Crippen molar-refractivity contribution in [1.82, 2.24) is 9.88 Å². The third kappa shape index (κ3) is 4.44. The number of likely N-dealkylation sites (tertiary alicyclic amines) is 1. The topological polar surface area (TPSA) is 85.9 Å². The molecule has 0 saturated carbocycles. The Morgan fingerprint density at radius 1 is 1.00 bits per heavy atom. The minimum atomic E-state index is -0.705. The van der Waals surface area contributed by atoms with Crippen molar-refractivity contribution in [3.8, 4) is 5.75 Å². The summed E-state index contributed by atoms with van der Waals surface area (Å²) in [7, 11) is 5.52. The molecular weight excluding hydrogens is 466 g/mol. The number of para-hydroxylation sites is 1. The summed E-state index contributed by atoms with van der Waals surface area (Å²) in [6, 6.07) is 22.2. The Kier molecular flexibility index (Phi) is 6.44. The van der Waals surface area contributed by atoms with Crippen molar-refractivity contribution in [2.24, 2.45) is 0 Å². The fraction of sp³-hybridized carbons (Fsp3) is 0.200. The van der Waals surface area contributed by atoms with Crippen molar-refractivity contribution in [3.63, 3.8) is 0 Å². The number of ether oxygens (including phenoxy) is 1. The number of aromatic nitrogens is 1. The molecular formula is C30H29N3O4. The summed E-state index contributed by atoms with van der Waals surface area (Å²) >= 11 is 0.